The van der Waals surface area contributed by atoms with Crippen molar-refractivity contribution >= 4 is 0 Å². The zero-order chi connectivity index (χ0) is 15.4. The second kappa shape index (κ2) is 6.59. The minimum absolute atomic E-state index is 0.173. The molecule has 0 saturated carbocycles. The van der Waals surface area contributed by atoms with Crippen molar-refractivity contribution < 1.29 is 17.9 Å². The van der Waals surface area contributed by atoms with Crippen LogP contribution < -0.4 is 5.73 Å². The Labute approximate surface area is 118 Å². The molecule has 1 unspecified atom stereocenters. The van der Waals surface area contributed by atoms with Gasteiger partial charge in [-0.2, -0.15) is 13.2 Å². The lowest BCUT2D eigenvalue weighted by atomic mass is 9.95. The number of hydrogen-bond donors (Lipinski definition) is 1. The lowest BCUT2D eigenvalue weighted by Gasteiger charge is -2.24. The molecular weight excluding hydrogens is 267 g/mol. The Kier molecular flexibility index (Phi) is 5.59. The van der Waals surface area contributed by atoms with Crippen molar-refractivity contribution in [2.45, 2.75) is 50.9 Å². The standard InChI is InChI=1S/C15H22F3NO/c1-14(2,20-3)8-7-13(19)10-11-5-4-6-12(9-11)15(16,17)18/h4-6,9,13H,7-8,10,19H2,1-3H3. The van der Waals surface area contributed by atoms with E-state index in [1.54, 1.807) is 13.2 Å². The first-order valence-corrected chi connectivity index (χ1v) is 6.61. The van der Waals surface area contributed by atoms with Gasteiger partial charge in [0.05, 0.1) is 11.2 Å². The summed E-state index contributed by atoms with van der Waals surface area (Å²) >= 11 is 0. The van der Waals surface area contributed by atoms with Gasteiger partial charge in [-0.1, -0.05) is 18.2 Å². The van der Waals surface area contributed by atoms with Gasteiger partial charge in [-0.3, -0.25) is 0 Å². The third-order valence-electron chi connectivity index (χ3n) is 3.42. The predicted octanol–water partition coefficient (Wildman–Crippen LogP) is 3.78. The van der Waals surface area contributed by atoms with Crippen molar-refractivity contribution in [3.63, 3.8) is 0 Å². The Balaban J connectivity index is 2.60. The van der Waals surface area contributed by atoms with Gasteiger partial charge in [-0.05, 0) is 44.7 Å². The second-order valence-electron chi connectivity index (χ2n) is 5.66. The molecule has 1 aromatic rings. The molecule has 0 aliphatic rings. The van der Waals surface area contributed by atoms with E-state index in [1.165, 1.54) is 12.1 Å². The fraction of sp³-hybridized carbons (Fsp3) is 0.600. The van der Waals surface area contributed by atoms with Gasteiger partial charge < -0.3 is 10.5 Å². The highest BCUT2D eigenvalue weighted by Crippen LogP contribution is 2.29. The number of alkyl halides is 3. The number of rotatable bonds is 6. The quantitative estimate of drug-likeness (QED) is 0.865. The number of halogens is 3. The van der Waals surface area contributed by atoms with Crippen molar-refractivity contribution in [2.75, 3.05) is 7.11 Å². The monoisotopic (exact) mass is 289 g/mol. The normalized spacial score (nSPS) is 14.3. The Hall–Kier alpha value is -1.07. The van der Waals surface area contributed by atoms with E-state index in [0.29, 0.717) is 18.4 Å². The van der Waals surface area contributed by atoms with Crippen LogP contribution in [-0.4, -0.2) is 18.8 Å². The third-order valence-corrected chi connectivity index (χ3v) is 3.42. The van der Waals surface area contributed by atoms with E-state index in [-0.39, 0.29) is 11.6 Å². The molecule has 0 saturated heterocycles. The van der Waals surface area contributed by atoms with Gasteiger partial charge in [-0.15, -0.1) is 0 Å². The third kappa shape index (κ3) is 5.51. The van der Waals surface area contributed by atoms with Crippen LogP contribution in [0.3, 0.4) is 0 Å². The molecule has 0 aromatic heterocycles. The fourth-order valence-electron chi connectivity index (χ4n) is 1.91. The van der Waals surface area contributed by atoms with E-state index in [0.717, 1.165) is 12.5 Å². The molecule has 5 heteroatoms. The average Bonchev–Trinajstić information content (AvgIpc) is 2.36. The lowest BCUT2D eigenvalue weighted by Crippen LogP contribution is -2.29. The number of nitrogens with two attached hydrogens (primary N) is 1. The van der Waals surface area contributed by atoms with Gasteiger partial charge in [0.2, 0.25) is 0 Å². The molecule has 0 aliphatic carbocycles. The summed E-state index contributed by atoms with van der Waals surface area (Å²) in [7, 11) is 1.64. The number of methoxy groups -OCH3 is 1. The van der Waals surface area contributed by atoms with Gasteiger partial charge in [0, 0.05) is 13.2 Å². The smallest absolute Gasteiger partial charge is 0.379 e. The Morgan fingerprint density at radius 2 is 1.90 bits per heavy atom. The molecular formula is C15H22F3NO. The SMILES string of the molecule is COC(C)(C)CCC(N)Cc1cccc(C(F)(F)F)c1. The molecule has 2 nitrogen and oxygen atoms in total. The molecule has 114 valence electrons. The fourth-order valence-corrected chi connectivity index (χ4v) is 1.91. The molecule has 0 spiro atoms. The summed E-state index contributed by atoms with van der Waals surface area (Å²) in [4.78, 5) is 0. The predicted molar refractivity (Wildman–Crippen MR) is 73.4 cm³/mol. The molecule has 0 radical (unpaired) electrons. The van der Waals surface area contributed by atoms with Crippen molar-refractivity contribution in [3.05, 3.63) is 35.4 Å². The van der Waals surface area contributed by atoms with Crippen molar-refractivity contribution in [3.8, 4) is 0 Å². The summed E-state index contributed by atoms with van der Waals surface area (Å²) < 4.78 is 43.1. The first-order valence-electron chi connectivity index (χ1n) is 6.61. The number of benzene rings is 1. The van der Waals surface area contributed by atoms with Crippen LogP contribution in [0, 0.1) is 0 Å². The van der Waals surface area contributed by atoms with Crippen molar-refractivity contribution in [1.82, 2.24) is 0 Å². The molecule has 1 rings (SSSR count). The van der Waals surface area contributed by atoms with Crippen LogP contribution in [0.1, 0.15) is 37.8 Å². The zero-order valence-corrected chi connectivity index (χ0v) is 12.1. The Morgan fingerprint density at radius 1 is 1.25 bits per heavy atom. The Morgan fingerprint density at radius 3 is 2.45 bits per heavy atom. The highest BCUT2D eigenvalue weighted by Gasteiger charge is 2.30. The minimum atomic E-state index is -4.31. The van der Waals surface area contributed by atoms with Crippen LogP contribution in [0.15, 0.2) is 24.3 Å². The molecule has 1 aromatic carbocycles. The van der Waals surface area contributed by atoms with Crippen LogP contribution in [0.25, 0.3) is 0 Å². The van der Waals surface area contributed by atoms with Gasteiger partial charge in [0.15, 0.2) is 0 Å². The summed E-state index contributed by atoms with van der Waals surface area (Å²) in [5.41, 5.74) is 5.72. The molecule has 0 heterocycles. The van der Waals surface area contributed by atoms with Crippen LogP contribution in [0.4, 0.5) is 13.2 Å². The highest BCUT2D eigenvalue weighted by atomic mass is 19.4. The largest absolute Gasteiger partial charge is 0.416 e. The maximum atomic E-state index is 12.6. The summed E-state index contributed by atoms with van der Waals surface area (Å²) in [6.07, 6.45) is -2.40. The first-order chi connectivity index (χ1) is 9.14. The molecule has 1 atom stereocenters. The maximum Gasteiger partial charge on any atom is 0.416 e. The Bertz CT molecular complexity index is 429. The van der Waals surface area contributed by atoms with Crippen LogP contribution in [0.5, 0.6) is 0 Å². The summed E-state index contributed by atoms with van der Waals surface area (Å²) in [5, 5.41) is 0. The van der Waals surface area contributed by atoms with E-state index in [1.807, 2.05) is 13.8 Å². The molecule has 0 aliphatic heterocycles. The first kappa shape index (κ1) is 17.0. The van der Waals surface area contributed by atoms with E-state index >= 15 is 0 Å². The molecule has 0 fully saturated rings. The summed E-state index contributed by atoms with van der Waals surface area (Å²) in [6.45, 7) is 3.92. The summed E-state index contributed by atoms with van der Waals surface area (Å²) in [5.74, 6) is 0. The van der Waals surface area contributed by atoms with E-state index in [9.17, 15) is 13.2 Å². The van der Waals surface area contributed by atoms with Crippen LogP contribution >= 0.6 is 0 Å². The van der Waals surface area contributed by atoms with E-state index in [4.69, 9.17) is 10.5 Å². The molecule has 0 amide bonds. The average molecular weight is 289 g/mol. The summed E-state index contributed by atoms with van der Waals surface area (Å²) in [6, 6.07) is 5.16. The zero-order valence-electron chi connectivity index (χ0n) is 12.1. The minimum Gasteiger partial charge on any atom is -0.379 e. The van der Waals surface area contributed by atoms with E-state index in [2.05, 4.69) is 0 Å². The molecule has 0 bridgehead atoms. The van der Waals surface area contributed by atoms with Gasteiger partial charge in [0.25, 0.3) is 0 Å². The van der Waals surface area contributed by atoms with E-state index < -0.39 is 11.7 Å². The highest BCUT2D eigenvalue weighted by molar-refractivity contribution is 5.26. The molecule has 20 heavy (non-hydrogen) atoms. The van der Waals surface area contributed by atoms with Crippen LogP contribution in [-0.2, 0) is 17.3 Å². The second-order valence-corrected chi connectivity index (χ2v) is 5.66. The molecule has 2 N–H and O–H groups in total. The number of hydrogen-bond acceptors (Lipinski definition) is 2. The van der Waals surface area contributed by atoms with Crippen molar-refractivity contribution in [2.24, 2.45) is 5.73 Å². The van der Waals surface area contributed by atoms with Crippen LogP contribution in [0.2, 0.25) is 0 Å². The maximum absolute atomic E-state index is 12.6. The topological polar surface area (TPSA) is 35.2 Å². The lowest BCUT2D eigenvalue weighted by molar-refractivity contribution is -0.137. The van der Waals surface area contributed by atoms with Gasteiger partial charge in [-0.25, -0.2) is 0 Å². The van der Waals surface area contributed by atoms with Gasteiger partial charge >= 0.3 is 6.18 Å². The van der Waals surface area contributed by atoms with Gasteiger partial charge in [0.1, 0.15) is 0 Å². The number of ether oxygens (including phenoxy) is 1. The van der Waals surface area contributed by atoms with Crippen molar-refractivity contribution in [1.29, 1.82) is 0 Å².